The monoisotopic (exact) mass is 518 g/mol. The number of carbonyl (C=O) groups excluding carboxylic acids is 1. The summed E-state index contributed by atoms with van der Waals surface area (Å²) in [5, 5.41) is 24.1. The molecule has 0 heterocycles. The number of thiol groups is 1. The van der Waals surface area contributed by atoms with Gasteiger partial charge in [-0.2, -0.15) is 0 Å². The minimum Gasteiger partial charge on any atom is -0.394 e. The van der Waals surface area contributed by atoms with Gasteiger partial charge in [-0.3, -0.25) is 4.79 Å². The first kappa shape index (κ1) is 37.1. The quantitative estimate of drug-likeness (QED) is 0.0722. The third-order valence-corrected chi connectivity index (χ3v) is 7.29. The van der Waals surface area contributed by atoms with Gasteiger partial charge in [0.25, 0.3) is 0 Å². The SMILES string of the molecule is CCCCCCCCC(CCCCCCCC)(CCCCCCCC)CC(=O)S.OCC(O)CO. The largest absolute Gasteiger partial charge is 0.394 e. The van der Waals surface area contributed by atoms with E-state index < -0.39 is 6.10 Å². The van der Waals surface area contributed by atoms with Crippen molar-refractivity contribution in [2.24, 2.45) is 5.41 Å². The third-order valence-electron chi connectivity index (χ3n) is 7.13. The molecule has 0 atom stereocenters. The molecule has 0 saturated heterocycles. The van der Waals surface area contributed by atoms with Crippen LogP contribution < -0.4 is 0 Å². The van der Waals surface area contributed by atoms with Gasteiger partial charge in [0.05, 0.1) is 13.2 Å². The molecular formula is C30H62O4S. The molecule has 0 spiro atoms. The molecule has 0 bridgehead atoms. The maximum atomic E-state index is 12.0. The fourth-order valence-electron chi connectivity index (χ4n) is 4.86. The molecule has 0 rings (SSSR count). The normalized spacial score (nSPS) is 11.5. The van der Waals surface area contributed by atoms with Crippen molar-refractivity contribution in [3.8, 4) is 0 Å². The topological polar surface area (TPSA) is 77.8 Å². The summed E-state index contributed by atoms with van der Waals surface area (Å²) in [5.74, 6) is 0. The molecule has 3 N–H and O–H groups in total. The van der Waals surface area contributed by atoms with Crippen molar-refractivity contribution in [1.82, 2.24) is 0 Å². The first-order valence-corrected chi connectivity index (χ1v) is 15.5. The summed E-state index contributed by atoms with van der Waals surface area (Å²) in [7, 11) is 0. The molecule has 0 aromatic rings. The van der Waals surface area contributed by atoms with E-state index in [2.05, 4.69) is 33.4 Å². The van der Waals surface area contributed by atoms with E-state index in [1.807, 2.05) is 0 Å². The van der Waals surface area contributed by atoms with E-state index in [1.54, 1.807) is 0 Å². The lowest BCUT2D eigenvalue weighted by Crippen LogP contribution is -2.24. The van der Waals surface area contributed by atoms with E-state index in [-0.39, 0.29) is 23.7 Å². The molecule has 35 heavy (non-hydrogen) atoms. The van der Waals surface area contributed by atoms with E-state index in [1.165, 1.54) is 135 Å². The standard InChI is InChI=1S/C27H54OS.C3H8O3/c1-4-7-10-13-16-19-22-27(25-26(28)29,23-20-17-14-11-8-5-2)24-21-18-15-12-9-6-3;4-1-3(6)2-5/h4-25H2,1-3H3,(H,28,29);3-6H,1-2H2. The third kappa shape index (κ3) is 26.8. The molecule has 0 fully saturated rings. The predicted octanol–water partition coefficient (Wildman–Crippen LogP) is 8.40. The Labute approximate surface area is 224 Å². The summed E-state index contributed by atoms with van der Waals surface area (Å²) in [4.78, 5) is 12.0. The molecule has 5 heteroatoms. The molecule has 0 saturated carbocycles. The summed E-state index contributed by atoms with van der Waals surface area (Å²) in [6.07, 6.45) is 27.7. The molecule has 0 aromatic carbocycles. The Morgan fingerprint density at radius 1 is 0.600 bits per heavy atom. The Balaban J connectivity index is 0. The molecule has 0 aliphatic rings. The number of hydrogen-bond donors (Lipinski definition) is 4. The van der Waals surface area contributed by atoms with Gasteiger partial charge in [-0.25, -0.2) is 0 Å². The van der Waals surface area contributed by atoms with E-state index in [0.717, 1.165) is 0 Å². The first-order valence-electron chi connectivity index (χ1n) is 15.0. The second-order valence-electron chi connectivity index (χ2n) is 10.6. The highest BCUT2D eigenvalue weighted by atomic mass is 32.1. The van der Waals surface area contributed by atoms with Crippen LogP contribution in [0.25, 0.3) is 0 Å². The Hall–Kier alpha value is -0.100. The molecular weight excluding hydrogens is 456 g/mol. The molecule has 0 amide bonds. The zero-order valence-electron chi connectivity index (χ0n) is 23.7. The van der Waals surface area contributed by atoms with Crippen LogP contribution in [-0.2, 0) is 4.79 Å². The zero-order valence-corrected chi connectivity index (χ0v) is 24.6. The van der Waals surface area contributed by atoms with Crippen LogP contribution in [0.1, 0.15) is 162 Å². The van der Waals surface area contributed by atoms with Crippen LogP contribution in [0.2, 0.25) is 0 Å². The van der Waals surface area contributed by atoms with Crippen molar-refractivity contribution in [1.29, 1.82) is 0 Å². The van der Waals surface area contributed by atoms with Gasteiger partial charge in [0, 0.05) is 6.42 Å². The zero-order chi connectivity index (χ0) is 26.6. The van der Waals surface area contributed by atoms with Crippen LogP contribution in [0.5, 0.6) is 0 Å². The highest BCUT2D eigenvalue weighted by Crippen LogP contribution is 2.41. The summed E-state index contributed by atoms with van der Waals surface area (Å²) >= 11 is 4.23. The average Bonchev–Trinajstić information content (AvgIpc) is 2.85. The van der Waals surface area contributed by atoms with Crippen molar-refractivity contribution in [2.75, 3.05) is 13.2 Å². The second kappa shape index (κ2) is 28.5. The van der Waals surface area contributed by atoms with Gasteiger partial charge in [-0.15, -0.1) is 12.6 Å². The minimum absolute atomic E-state index is 0.118. The Morgan fingerprint density at radius 3 is 1.11 bits per heavy atom. The van der Waals surface area contributed by atoms with Crippen LogP contribution >= 0.6 is 12.6 Å². The van der Waals surface area contributed by atoms with Crippen molar-refractivity contribution < 1.29 is 20.1 Å². The molecule has 0 unspecified atom stereocenters. The van der Waals surface area contributed by atoms with Gasteiger partial charge >= 0.3 is 0 Å². The Kier molecular flexibility index (Phi) is 30.1. The van der Waals surface area contributed by atoms with Gasteiger partial charge in [-0.1, -0.05) is 136 Å². The maximum Gasteiger partial charge on any atom is 0.186 e. The maximum absolute atomic E-state index is 12.0. The highest BCUT2D eigenvalue weighted by Gasteiger charge is 2.30. The molecule has 0 aliphatic heterocycles. The van der Waals surface area contributed by atoms with Gasteiger partial charge in [-0.05, 0) is 24.7 Å². The molecule has 0 aromatic heterocycles. The molecule has 0 aliphatic carbocycles. The molecule has 212 valence electrons. The smallest absolute Gasteiger partial charge is 0.186 e. The fraction of sp³-hybridized carbons (Fsp3) is 0.967. The van der Waals surface area contributed by atoms with Crippen molar-refractivity contribution in [3.05, 3.63) is 0 Å². The van der Waals surface area contributed by atoms with Crippen molar-refractivity contribution in [3.63, 3.8) is 0 Å². The summed E-state index contributed by atoms with van der Waals surface area (Å²) in [5.41, 5.74) is 0.235. The van der Waals surface area contributed by atoms with Crippen molar-refractivity contribution in [2.45, 2.75) is 168 Å². The van der Waals surface area contributed by atoms with Gasteiger partial charge < -0.3 is 15.3 Å². The number of aliphatic hydroxyl groups excluding tert-OH is 3. The Morgan fingerprint density at radius 2 is 0.886 bits per heavy atom. The highest BCUT2D eigenvalue weighted by molar-refractivity contribution is 7.96. The summed E-state index contributed by atoms with van der Waals surface area (Å²) in [6.45, 7) is 6.12. The number of rotatable bonds is 25. The lowest BCUT2D eigenvalue weighted by molar-refractivity contribution is -0.113. The summed E-state index contributed by atoms with van der Waals surface area (Å²) in [6, 6.07) is 0. The van der Waals surface area contributed by atoms with Crippen LogP contribution in [-0.4, -0.2) is 39.8 Å². The lowest BCUT2D eigenvalue weighted by Gasteiger charge is -2.34. The van der Waals surface area contributed by atoms with Gasteiger partial charge in [0.1, 0.15) is 6.10 Å². The predicted molar refractivity (Wildman–Crippen MR) is 155 cm³/mol. The van der Waals surface area contributed by atoms with Crippen LogP contribution in [0.15, 0.2) is 0 Å². The average molecular weight is 519 g/mol. The first-order chi connectivity index (χ1) is 16.9. The van der Waals surface area contributed by atoms with Gasteiger partial charge in [0.15, 0.2) is 5.12 Å². The Bertz CT molecular complexity index is 386. The lowest BCUT2D eigenvalue weighted by atomic mass is 9.72. The van der Waals surface area contributed by atoms with Crippen LogP contribution in [0.3, 0.4) is 0 Å². The van der Waals surface area contributed by atoms with E-state index in [0.29, 0.717) is 6.42 Å². The van der Waals surface area contributed by atoms with E-state index in [9.17, 15) is 4.79 Å². The van der Waals surface area contributed by atoms with E-state index in [4.69, 9.17) is 15.3 Å². The number of hydrogen-bond acceptors (Lipinski definition) is 4. The minimum atomic E-state index is -0.954. The number of carbonyl (C=O) groups is 1. The van der Waals surface area contributed by atoms with E-state index >= 15 is 0 Å². The summed E-state index contributed by atoms with van der Waals surface area (Å²) < 4.78 is 0. The van der Waals surface area contributed by atoms with Crippen LogP contribution in [0, 0.1) is 5.41 Å². The second-order valence-corrected chi connectivity index (χ2v) is 11.1. The number of unbranched alkanes of at least 4 members (excludes halogenated alkanes) is 15. The van der Waals surface area contributed by atoms with Gasteiger partial charge in [0.2, 0.25) is 0 Å². The van der Waals surface area contributed by atoms with Crippen molar-refractivity contribution >= 4 is 17.7 Å². The van der Waals surface area contributed by atoms with Crippen LogP contribution in [0.4, 0.5) is 0 Å². The molecule has 4 nitrogen and oxygen atoms in total. The number of aliphatic hydroxyl groups is 3. The molecule has 0 radical (unpaired) electrons. The fourth-order valence-corrected chi connectivity index (χ4v) is 5.20.